The number of hydrogen-bond acceptors (Lipinski definition) is 11. The summed E-state index contributed by atoms with van der Waals surface area (Å²) in [5.41, 5.74) is 3.61. The van der Waals surface area contributed by atoms with Gasteiger partial charge < -0.3 is 39.1 Å². The highest BCUT2D eigenvalue weighted by molar-refractivity contribution is 5.70. The number of aromatic nitrogens is 3. The molecule has 0 unspecified atom stereocenters. The van der Waals surface area contributed by atoms with E-state index in [0.29, 0.717) is 91.9 Å². The fraction of sp³-hybridized carbons (Fsp3) is 0.802. The van der Waals surface area contributed by atoms with E-state index in [0.717, 1.165) is 94.0 Å². The van der Waals surface area contributed by atoms with Gasteiger partial charge in [0.1, 0.15) is 0 Å². The number of anilines is 4. The Morgan fingerprint density at radius 2 is 0.376 bits per heavy atom. The predicted molar refractivity (Wildman–Crippen MR) is 509 cm³/mol. The summed E-state index contributed by atoms with van der Waals surface area (Å²) in [5.74, 6) is 5.57. The molecular formula is C106H187N5O6. The molecule has 0 aliphatic heterocycles. The Kier molecular flexibility index (Phi) is 69.9. The molecule has 117 heavy (non-hydrogen) atoms. The Morgan fingerprint density at radius 1 is 0.205 bits per heavy atom. The van der Waals surface area contributed by atoms with Gasteiger partial charge in [0, 0.05) is 41.2 Å². The van der Waals surface area contributed by atoms with Crippen LogP contribution in [0.3, 0.4) is 0 Å². The highest BCUT2D eigenvalue weighted by Crippen LogP contribution is 2.44. The number of benzene rings is 3. The van der Waals surface area contributed by atoms with Crippen molar-refractivity contribution >= 4 is 23.3 Å². The van der Waals surface area contributed by atoms with Gasteiger partial charge >= 0.3 is 0 Å². The van der Waals surface area contributed by atoms with Gasteiger partial charge in [-0.3, -0.25) is 0 Å². The average Bonchev–Trinajstić information content (AvgIpc) is 0.806. The zero-order valence-corrected chi connectivity index (χ0v) is 78.1. The highest BCUT2D eigenvalue weighted by Gasteiger charge is 2.21. The Balaban J connectivity index is 1.71. The van der Waals surface area contributed by atoms with Crippen molar-refractivity contribution in [3.63, 3.8) is 0 Å². The molecule has 2 N–H and O–H groups in total. The first kappa shape index (κ1) is 104. The van der Waals surface area contributed by atoms with Crippen molar-refractivity contribution in [2.75, 3.05) is 50.3 Å². The van der Waals surface area contributed by atoms with Crippen LogP contribution in [0.15, 0.2) is 48.5 Å². The first-order chi connectivity index (χ1) is 57.9. The molecule has 1 aromatic heterocycles. The Labute approximate surface area is 723 Å². The van der Waals surface area contributed by atoms with Gasteiger partial charge in [0.25, 0.3) is 0 Å². The van der Waals surface area contributed by atoms with Crippen LogP contribution >= 0.6 is 0 Å². The largest absolute Gasteiger partial charge is 0.489 e. The second-order valence-corrected chi connectivity index (χ2v) is 35.5. The third-order valence-corrected chi connectivity index (χ3v) is 24.0. The van der Waals surface area contributed by atoms with Crippen molar-refractivity contribution < 1.29 is 28.4 Å². The minimum atomic E-state index is 0.404. The maximum atomic E-state index is 6.95. The molecule has 672 valence electrons. The molecule has 0 saturated heterocycles. The van der Waals surface area contributed by atoms with Crippen molar-refractivity contribution in [3.05, 3.63) is 54.1 Å². The Morgan fingerprint density at radius 3 is 0.564 bits per heavy atom. The van der Waals surface area contributed by atoms with Gasteiger partial charge in [-0.05, 0) is 45.4 Å². The summed E-state index contributed by atoms with van der Waals surface area (Å²) < 4.78 is 41.7. The molecular weight excluding hydrogens is 1440 g/mol. The summed E-state index contributed by atoms with van der Waals surface area (Å²) in [6, 6.07) is 16.8. The van der Waals surface area contributed by atoms with E-state index in [2.05, 4.69) is 108 Å². The normalized spacial score (nSPS) is 11.5. The van der Waals surface area contributed by atoms with Gasteiger partial charge in [-0.1, -0.05) is 495 Å². The SMILES string of the molecule is CCCCCCCCCCCCCCOc1cc(Nc2nc(Nc3cc(OCCCCCCCCCCCCCC)c(OCCCCCCCCCCCCCC)c(OCCCCCCCCCCCCCC)c3)nc(-c3ccc(C)cc3)n2)cc(OCCCCCCCCCCCCCC)c1OCCCCCCCCCCCCCC. The summed E-state index contributed by atoms with van der Waals surface area (Å²) in [4.78, 5) is 15.7. The number of nitrogens with zero attached hydrogens (tertiary/aromatic N) is 3. The third-order valence-electron chi connectivity index (χ3n) is 24.0. The van der Waals surface area contributed by atoms with E-state index in [1.54, 1.807) is 0 Å². The van der Waals surface area contributed by atoms with Crippen LogP contribution in [0.2, 0.25) is 0 Å². The van der Waals surface area contributed by atoms with Gasteiger partial charge in [-0.25, -0.2) is 0 Å². The van der Waals surface area contributed by atoms with E-state index in [9.17, 15) is 0 Å². The summed E-state index contributed by atoms with van der Waals surface area (Å²) >= 11 is 0. The van der Waals surface area contributed by atoms with Gasteiger partial charge in [0.05, 0.1) is 39.6 Å². The lowest BCUT2D eigenvalue weighted by molar-refractivity contribution is 0.234. The standard InChI is InChI=1S/C106H187N5O6/c1-8-14-20-26-32-38-44-50-56-62-68-74-84-112-98-90-96(91-99(113-85-75-69-63-57-51-45-39-33-27-21-15-9-2)102(98)116-88-78-72-66-60-54-48-42-36-30-24-18-12-5)107-105-109-104(95-82-80-94(7)81-83-95)110-106(111-105)108-97-92-100(114-86-76-70-64-58-52-46-40-34-28-22-16-10-3)103(117-89-79-73-67-61-55-49-43-37-31-25-19-13-6)101(93-97)115-87-77-71-65-59-53-47-41-35-29-23-17-11-4/h80-83,90-93H,8-79,84-89H2,1-7H3,(H2,107,108,109,110,111). The van der Waals surface area contributed by atoms with Crippen molar-refractivity contribution in [2.24, 2.45) is 0 Å². The molecule has 11 heteroatoms. The molecule has 1 heterocycles. The average molecular weight is 1630 g/mol. The van der Waals surface area contributed by atoms with E-state index in [-0.39, 0.29) is 0 Å². The van der Waals surface area contributed by atoms with Crippen molar-refractivity contribution in [1.29, 1.82) is 0 Å². The van der Waals surface area contributed by atoms with Crippen molar-refractivity contribution in [2.45, 2.75) is 511 Å². The minimum Gasteiger partial charge on any atom is -0.489 e. The molecule has 0 spiro atoms. The zero-order chi connectivity index (χ0) is 83.1. The second kappa shape index (κ2) is 78.3. The number of ether oxygens (including phenoxy) is 6. The van der Waals surface area contributed by atoms with Crippen molar-refractivity contribution in [1.82, 2.24) is 15.0 Å². The van der Waals surface area contributed by atoms with E-state index >= 15 is 0 Å². The molecule has 4 aromatic rings. The summed E-state index contributed by atoms with van der Waals surface area (Å²) in [6.45, 7) is 19.6. The minimum absolute atomic E-state index is 0.404. The summed E-state index contributed by atoms with van der Waals surface area (Å²) in [6.07, 6.45) is 93.3. The van der Waals surface area contributed by atoms with Crippen LogP contribution in [0, 0.1) is 6.92 Å². The molecule has 0 aliphatic rings. The second-order valence-electron chi connectivity index (χ2n) is 35.5. The predicted octanol–water partition coefficient (Wildman–Crippen LogP) is 35.8. The van der Waals surface area contributed by atoms with Crippen molar-refractivity contribution in [3.8, 4) is 45.9 Å². The number of nitrogens with one attached hydrogen (secondary N) is 2. The molecule has 11 nitrogen and oxygen atoms in total. The fourth-order valence-corrected chi connectivity index (χ4v) is 16.3. The van der Waals surface area contributed by atoms with E-state index < -0.39 is 0 Å². The molecule has 3 aromatic carbocycles. The monoisotopic (exact) mass is 1630 g/mol. The molecule has 0 bridgehead atoms. The van der Waals surface area contributed by atoms with Crippen LogP contribution in [0.25, 0.3) is 11.4 Å². The Bertz CT molecular complexity index is 2550. The van der Waals surface area contributed by atoms with Gasteiger partial charge in [-0.2, -0.15) is 15.0 Å². The Hall–Kier alpha value is -4.93. The summed E-state index contributed by atoms with van der Waals surface area (Å²) in [7, 11) is 0. The number of unbranched alkanes of at least 4 members (excludes halogenated alkanes) is 66. The molecule has 0 aliphatic carbocycles. The molecule has 4 rings (SSSR count). The zero-order valence-electron chi connectivity index (χ0n) is 78.1. The smallest absolute Gasteiger partial charge is 0.232 e. The van der Waals surface area contributed by atoms with Crippen LogP contribution in [0.1, 0.15) is 509 Å². The molecule has 0 amide bonds. The molecule has 0 saturated carbocycles. The fourth-order valence-electron chi connectivity index (χ4n) is 16.3. The van der Waals surface area contributed by atoms with Gasteiger partial charge in [-0.15, -0.1) is 0 Å². The molecule has 0 atom stereocenters. The van der Waals surface area contributed by atoms with Gasteiger partial charge in [0.15, 0.2) is 28.8 Å². The van der Waals surface area contributed by atoms with Crippen LogP contribution in [0.4, 0.5) is 23.3 Å². The lowest BCUT2D eigenvalue weighted by atomic mass is 10.1. The third kappa shape index (κ3) is 57.9. The van der Waals surface area contributed by atoms with Crippen LogP contribution in [0.5, 0.6) is 34.5 Å². The first-order valence-corrected chi connectivity index (χ1v) is 51.4. The van der Waals surface area contributed by atoms with Crippen LogP contribution in [-0.4, -0.2) is 54.6 Å². The molecule has 0 radical (unpaired) electrons. The number of aryl methyl sites for hydroxylation is 1. The van der Waals surface area contributed by atoms with E-state index in [1.165, 1.54) is 391 Å². The lowest BCUT2D eigenvalue weighted by Crippen LogP contribution is -2.09. The van der Waals surface area contributed by atoms with Gasteiger partial charge in [0.2, 0.25) is 23.4 Å². The topological polar surface area (TPSA) is 118 Å². The van der Waals surface area contributed by atoms with Crippen LogP contribution < -0.4 is 39.1 Å². The highest BCUT2D eigenvalue weighted by atomic mass is 16.5. The maximum absolute atomic E-state index is 6.95. The number of hydrogen-bond donors (Lipinski definition) is 2. The lowest BCUT2D eigenvalue weighted by Gasteiger charge is -2.20. The van der Waals surface area contributed by atoms with E-state index in [4.69, 9.17) is 43.4 Å². The number of rotatable bonds is 89. The quantitative estimate of drug-likeness (QED) is 0.0412. The summed E-state index contributed by atoms with van der Waals surface area (Å²) in [5, 5.41) is 7.43. The van der Waals surface area contributed by atoms with Crippen LogP contribution in [-0.2, 0) is 0 Å². The maximum Gasteiger partial charge on any atom is 0.232 e. The van der Waals surface area contributed by atoms with E-state index in [1.807, 2.05) is 0 Å². The molecule has 0 fully saturated rings. The first-order valence-electron chi connectivity index (χ1n) is 51.4.